The third-order valence-corrected chi connectivity index (χ3v) is 4.61. The van der Waals surface area contributed by atoms with Crippen molar-refractivity contribution in [1.82, 2.24) is 5.32 Å². The topological polar surface area (TPSA) is 77.8 Å². The Kier molecular flexibility index (Phi) is 6.67. The van der Waals surface area contributed by atoms with Crippen LogP contribution in [0.25, 0.3) is 11.0 Å². The molecule has 1 aromatic heterocycles. The maximum absolute atomic E-state index is 12.4. The minimum absolute atomic E-state index is 0.0786. The SMILES string of the molecule is COc1ccc2oc(C(=O)NC(C=O)COCc3cccc(C(C)C)c3)cc2c1. The van der Waals surface area contributed by atoms with Gasteiger partial charge in [-0.05, 0) is 41.3 Å². The van der Waals surface area contributed by atoms with Crippen molar-refractivity contribution in [3.05, 3.63) is 65.4 Å². The molecule has 0 spiro atoms. The fraction of sp³-hybridized carbons (Fsp3) is 0.304. The van der Waals surface area contributed by atoms with Crippen molar-refractivity contribution in [3.63, 3.8) is 0 Å². The van der Waals surface area contributed by atoms with Gasteiger partial charge in [0.2, 0.25) is 0 Å². The van der Waals surface area contributed by atoms with Crippen molar-refractivity contribution >= 4 is 23.2 Å². The van der Waals surface area contributed by atoms with Crippen LogP contribution in [0.1, 0.15) is 41.4 Å². The molecule has 6 nitrogen and oxygen atoms in total. The first-order chi connectivity index (χ1) is 14.0. The molecule has 29 heavy (non-hydrogen) atoms. The lowest BCUT2D eigenvalue weighted by Gasteiger charge is -2.13. The Balaban J connectivity index is 1.57. The number of hydrogen-bond donors (Lipinski definition) is 1. The van der Waals surface area contributed by atoms with E-state index in [1.54, 1.807) is 31.4 Å². The second kappa shape index (κ2) is 9.39. The molecule has 0 aliphatic rings. The van der Waals surface area contributed by atoms with Crippen LogP contribution in [-0.4, -0.2) is 32.0 Å². The van der Waals surface area contributed by atoms with Crippen LogP contribution in [-0.2, 0) is 16.1 Å². The Labute approximate surface area is 169 Å². The first-order valence-electron chi connectivity index (χ1n) is 9.50. The second-order valence-electron chi connectivity index (χ2n) is 7.15. The molecule has 0 saturated heterocycles. The maximum atomic E-state index is 12.4. The van der Waals surface area contributed by atoms with E-state index >= 15 is 0 Å². The molecule has 6 heteroatoms. The first-order valence-corrected chi connectivity index (χ1v) is 9.50. The summed E-state index contributed by atoms with van der Waals surface area (Å²) in [5.74, 6) is 0.763. The third-order valence-electron chi connectivity index (χ3n) is 4.61. The number of carbonyl (C=O) groups is 2. The van der Waals surface area contributed by atoms with Gasteiger partial charge in [-0.25, -0.2) is 0 Å². The number of hydrogen-bond acceptors (Lipinski definition) is 5. The molecule has 0 radical (unpaired) electrons. The van der Waals surface area contributed by atoms with Crippen molar-refractivity contribution in [3.8, 4) is 5.75 Å². The van der Waals surface area contributed by atoms with Crippen LogP contribution in [0.5, 0.6) is 5.75 Å². The van der Waals surface area contributed by atoms with Gasteiger partial charge in [0.25, 0.3) is 5.91 Å². The third kappa shape index (κ3) is 5.23. The molecule has 0 saturated carbocycles. The number of methoxy groups -OCH3 is 1. The van der Waals surface area contributed by atoms with Gasteiger partial charge in [0.1, 0.15) is 23.7 Å². The van der Waals surface area contributed by atoms with Crippen molar-refractivity contribution in [2.24, 2.45) is 0 Å². The quantitative estimate of drug-likeness (QED) is 0.553. The van der Waals surface area contributed by atoms with Crippen LogP contribution in [0.15, 0.2) is 52.9 Å². The van der Waals surface area contributed by atoms with Gasteiger partial charge in [0.15, 0.2) is 5.76 Å². The fourth-order valence-electron chi connectivity index (χ4n) is 2.96. The van der Waals surface area contributed by atoms with E-state index in [0.717, 1.165) is 10.9 Å². The lowest BCUT2D eigenvalue weighted by Crippen LogP contribution is -2.39. The summed E-state index contributed by atoms with van der Waals surface area (Å²) in [5.41, 5.74) is 2.83. The van der Waals surface area contributed by atoms with Crippen molar-refractivity contribution in [1.29, 1.82) is 0 Å². The molecule has 1 amide bonds. The monoisotopic (exact) mass is 395 g/mol. The van der Waals surface area contributed by atoms with Crippen LogP contribution in [0.4, 0.5) is 0 Å². The molecular formula is C23H25NO5. The van der Waals surface area contributed by atoms with E-state index in [9.17, 15) is 9.59 Å². The fourth-order valence-corrected chi connectivity index (χ4v) is 2.96. The molecule has 0 bridgehead atoms. The molecule has 0 aliphatic heterocycles. The number of nitrogens with one attached hydrogen (secondary N) is 1. The summed E-state index contributed by atoms with van der Waals surface area (Å²) in [6.45, 7) is 4.71. The number of furan rings is 1. The lowest BCUT2D eigenvalue weighted by atomic mass is 10.0. The van der Waals surface area contributed by atoms with Crippen molar-refractivity contribution in [2.75, 3.05) is 13.7 Å². The summed E-state index contributed by atoms with van der Waals surface area (Å²) < 4.78 is 16.4. The van der Waals surface area contributed by atoms with Gasteiger partial charge in [-0.15, -0.1) is 0 Å². The molecule has 1 N–H and O–H groups in total. The Morgan fingerprint density at radius 1 is 1.17 bits per heavy atom. The van der Waals surface area contributed by atoms with E-state index in [-0.39, 0.29) is 12.4 Å². The van der Waals surface area contributed by atoms with E-state index in [4.69, 9.17) is 13.9 Å². The number of rotatable bonds is 9. The average Bonchev–Trinajstić information content (AvgIpc) is 3.16. The summed E-state index contributed by atoms with van der Waals surface area (Å²) in [4.78, 5) is 23.8. The smallest absolute Gasteiger partial charge is 0.287 e. The highest BCUT2D eigenvalue weighted by molar-refractivity contribution is 5.97. The van der Waals surface area contributed by atoms with E-state index in [1.807, 2.05) is 12.1 Å². The molecule has 1 atom stereocenters. The van der Waals surface area contributed by atoms with E-state index in [2.05, 4.69) is 31.3 Å². The summed E-state index contributed by atoms with van der Waals surface area (Å²) in [7, 11) is 1.57. The number of fused-ring (bicyclic) bond motifs is 1. The predicted molar refractivity (Wildman–Crippen MR) is 110 cm³/mol. The summed E-state index contributed by atoms with van der Waals surface area (Å²) in [6, 6.07) is 14.2. The van der Waals surface area contributed by atoms with E-state index < -0.39 is 11.9 Å². The zero-order valence-electron chi connectivity index (χ0n) is 16.8. The van der Waals surface area contributed by atoms with Gasteiger partial charge in [0, 0.05) is 5.39 Å². The first kappa shape index (κ1) is 20.6. The normalized spacial score (nSPS) is 12.1. The summed E-state index contributed by atoms with van der Waals surface area (Å²) in [5, 5.41) is 3.38. The van der Waals surface area contributed by atoms with Gasteiger partial charge in [-0.2, -0.15) is 0 Å². The van der Waals surface area contributed by atoms with Gasteiger partial charge < -0.3 is 24.0 Å². The largest absolute Gasteiger partial charge is 0.497 e. The summed E-state index contributed by atoms with van der Waals surface area (Å²) >= 11 is 0. The number of carbonyl (C=O) groups excluding carboxylic acids is 2. The van der Waals surface area contributed by atoms with Crippen LogP contribution >= 0.6 is 0 Å². The van der Waals surface area contributed by atoms with Gasteiger partial charge in [0.05, 0.1) is 20.3 Å². The van der Waals surface area contributed by atoms with E-state index in [0.29, 0.717) is 30.1 Å². The van der Waals surface area contributed by atoms with Gasteiger partial charge in [-0.3, -0.25) is 4.79 Å². The molecule has 152 valence electrons. The molecule has 1 heterocycles. The van der Waals surface area contributed by atoms with Crippen molar-refractivity contribution in [2.45, 2.75) is 32.4 Å². The Hall–Kier alpha value is -3.12. The van der Waals surface area contributed by atoms with Gasteiger partial charge >= 0.3 is 0 Å². The zero-order chi connectivity index (χ0) is 20.8. The minimum atomic E-state index is -0.765. The van der Waals surface area contributed by atoms with Crippen LogP contribution in [0.2, 0.25) is 0 Å². The van der Waals surface area contributed by atoms with Crippen LogP contribution in [0, 0.1) is 0 Å². The standard InChI is InChI=1S/C23H25NO5/c1-15(2)17-6-4-5-16(9-17)13-28-14-19(12-25)24-23(26)22-11-18-10-20(27-3)7-8-21(18)29-22/h4-12,15,19H,13-14H2,1-3H3,(H,24,26). The number of ether oxygens (including phenoxy) is 2. The van der Waals surface area contributed by atoms with Crippen LogP contribution in [0.3, 0.4) is 0 Å². The summed E-state index contributed by atoms with van der Waals surface area (Å²) in [6.07, 6.45) is 0.661. The molecule has 3 aromatic rings. The number of amides is 1. The second-order valence-corrected chi connectivity index (χ2v) is 7.15. The predicted octanol–water partition coefficient (Wildman–Crippen LogP) is 4.08. The minimum Gasteiger partial charge on any atom is -0.497 e. The maximum Gasteiger partial charge on any atom is 0.287 e. The van der Waals surface area contributed by atoms with E-state index in [1.165, 1.54) is 5.56 Å². The lowest BCUT2D eigenvalue weighted by molar-refractivity contribution is -0.110. The molecular weight excluding hydrogens is 370 g/mol. The highest BCUT2D eigenvalue weighted by atomic mass is 16.5. The average molecular weight is 395 g/mol. The molecule has 2 aromatic carbocycles. The highest BCUT2D eigenvalue weighted by Crippen LogP contribution is 2.24. The zero-order valence-corrected chi connectivity index (χ0v) is 16.8. The molecule has 0 fully saturated rings. The Morgan fingerprint density at radius 2 is 2.00 bits per heavy atom. The highest BCUT2D eigenvalue weighted by Gasteiger charge is 2.17. The number of benzene rings is 2. The van der Waals surface area contributed by atoms with Crippen LogP contribution < -0.4 is 10.1 Å². The Bertz CT molecular complexity index is 992. The van der Waals surface area contributed by atoms with Crippen molar-refractivity contribution < 1.29 is 23.5 Å². The van der Waals surface area contributed by atoms with Gasteiger partial charge in [-0.1, -0.05) is 38.1 Å². The Morgan fingerprint density at radius 3 is 2.72 bits per heavy atom. The molecule has 0 aliphatic carbocycles. The molecule has 3 rings (SSSR count). The number of aldehydes is 1. The molecule has 1 unspecified atom stereocenters.